The second-order valence-corrected chi connectivity index (χ2v) is 5.94. The van der Waals surface area contributed by atoms with E-state index < -0.39 is 0 Å². The molecule has 0 aliphatic carbocycles. The lowest BCUT2D eigenvalue weighted by molar-refractivity contribution is 0.118. The normalized spacial score (nSPS) is 11.3. The summed E-state index contributed by atoms with van der Waals surface area (Å²) >= 11 is 1.66. The quantitative estimate of drug-likeness (QED) is 0.726. The summed E-state index contributed by atoms with van der Waals surface area (Å²) in [6.45, 7) is 7.14. The maximum atomic E-state index is 14.1. The van der Waals surface area contributed by atoms with E-state index in [2.05, 4.69) is 19.2 Å². The van der Waals surface area contributed by atoms with Crippen molar-refractivity contribution in [2.45, 2.75) is 39.8 Å². The van der Waals surface area contributed by atoms with E-state index >= 15 is 0 Å². The summed E-state index contributed by atoms with van der Waals surface area (Å²) in [5.41, 5.74) is 1.01. The number of halogens is 1. The van der Waals surface area contributed by atoms with Gasteiger partial charge in [-0.25, -0.2) is 4.39 Å². The Kier molecular flexibility index (Phi) is 5.95. The van der Waals surface area contributed by atoms with Crippen molar-refractivity contribution in [2.24, 2.45) is 0 Å². The first-order chi connectivity index (χ1) is 9.77. The Morgan fingerprint density at radius 1 is 1.30 bits per heavy atom. The standard InChI is InChI=1S/C16H22FNOS/c1-3-5-9-19-11-12-15(10-18-4-2)20-14-8-6-7-13(17)16(12)14/h6-8,18H,3-5,9-11H2,1-2H3. The third-order valence-corrected chi connectivity index (χ3v) is 4.47. The molecule has 2 aromatic rings. The molecule has 0 saturated carbocycles. The Labute approximate surface area is 124 Å². The van der Waals surface area contributed by atoms with Crippen LogP contribution in [-0.2, 0) is 17.9 Å². The van der Waals surface area contributed by atoms with Crippen LogP contribution in [0.15, 0.2) is 18.2 Å². The van der Waals surface area contributed by atoms with Gasteiger partial charge in [-0.1, -0.05) is 26.3 Å². The molecule has 2 rings (SSSR count). The molecule has 4 heteroatoms. The summed E-state index contributed by atoms with van der Waals surface area (Å²) in [4.78, 5) is 1.18. The molecule has 1 aromatic carbocycles. The first-order valence-electron chi connectivity index (χ1n) is 7.25. The number of nitrogens with one attached hydrogen (secondary N) is 1. The van der Waals surface area contributed by atoms with Gasteiger partial charge in [0.05, 0.1) is 6.61 Å². The van der Waals surface area contributed by atoms with Crippen molar-refractivity contribution < 1.29 is 9.13 Å². The molecule has 1 N–H and O–H groups in total. The summed E-state index contributed by atoms with van der Waals surface area (Å²) in [7, 11) is 0. The van der Waals surface area contributed by atoms with Gasteiger partial charge in [0.2, 0.25) is 0 Å². The molecule has 110 valence electrons. The molecule has 0 aliphatic heterocycles. The molecule has 0 saturated heterocycles. The van der Waals surface area contributed by atoms with E-state index in [4.69, 9.17) is 4.74 Å². The predicted molar refractivity (Wildman–Crippen MR) is 83.7 cm³/mol. The van der Waals surface area contributed by atoms with E-state index in [0.717, 1.165) is 48.2 Å². The van der Waals surface area contributed by atoms with Gasteiger partial charge in [-0.2, -0.15) is 0 Å². The van der Waals surface area contributed by atoms with Crippen LogP contribution in [0.3, 0.4) is 0 Å². The first kappa shape index (κ1) is 15.4. The van der Waals surface area contributed by atoms with Gasteiger partial charge in [0, 0.05) is 33.7 Å². The molecular weight excluding hydrogens is 273 g/mol. The van der Waals surface area contributed by atoms with Crippen molar-refractivity contribution in [3.8, 4) is 0 Å². The summed E-state index contributed by atoms with van der Waals surface area (Å²) in [5.74, 6) is -0.143. The van der Waals surface area contributed by atoms with Crippen molar-refractivity contribution in [1.29, 1.82) is 0 Å². The second-order valence-electron chi connectivity index (χ2n) is 4.80. The lowest BCUT2D eigenvalue weighted by Crippen LogP contribution is -2.12. The third kappa shape index (κ3) is 3.57. The van der Waals surface area contributed by atoms with Crippen molar-refractivity contribution in [3.05, 3.63) is 34.5 Å². The van der Waals surface area contributed by atoms with Gasteiger partial charge in [-0.05, 0) is 25.1 Å². The van der Waals surface area contributed by atoms with Gasteiger partial charge >= 0.3 is 0 Å². The average molecular weight is 295 g/mol. The number of hydrogen-bond acceptors (Lipinski definition) is 3. The summed E-state index contributed by atoms with van der Waals surface area (Å²) < 4.78 is 20.8. The number of fused-ring (bicyclic) bond motifs is 1. The van der Waals surface area contributed by atoms with E-state index in [1.807, 2.05) is 6.07 Å². The smallest absolute Gasteiger partial charge is 0.132 e. The highest BCUT2D eigenvalue weighted by Gasteiger charge is 2.15. The molecule has 0 aliphatic rings. The van der Waals surface area contributed by atoms with Crippen LogP contribution >= 0.6 is 11.3 Å². The highest BCUT2D eigenvalue weighted by atomic mass is 32.1. The SMILES string of the molecule is CCCCOCc1c(CNCC)sc2cccc(F)c12. The maximum Gasteiger partial charge on any atom is 0.132 e. The highest BCUT2D eigenvalue weighted by Crippen LogP contribution is 2.33. The number of ether oxygens (including phenoxy) is 1. The van der Waals surface area contributed by atoms with Crippen LogP contribution in [0.4, 0.5) is 4.39 Å². The fourth-order valence-corrected chi connectivity index (χ4v) is 3.36. The number of thiophene rings is 1. The van der Waals surface area contributed by atoms with Crippen LogP contribution in [0.2, 0.25) is 0 Å². The van der Waals surface area contributed by atoms with Gasteiger partial charge in [-0.3, -0.25) is 0 Å². The zero-order chi connectivity index (χ0) is 14.4. The van der Waals surface area contributed by atoms with Crippen LogP contribution < -0.4 is 5.32 Å². The number of rotatable bonds is 8. The summed E-state index contributed by atoms with van der Waals surface area (Å²) in [5, 5.41) is 4.06. The second kappa shape index (κ2) is 7.72. The van der Waals surface area contributed by atoms with Crippen LogP contribution in [0.5, 0.6) is 0 Å². The average Bonchev–Trinajstić information content (AvgIpc) is 2.80. The number of unbranched alkanes of at least 4 members (excludes halogenated alkanes) is 1. The molecule has 0 unspecified atom stereocenters. The van der Waals surface area contributed by atoms with Crippen LogP contribution in [0.25, 0.3) is 10.1 Å². The molecule has 1 aromatic heterocycles. The van der Waals surface area contributed by atoms with Crippen molar-refractivity contribution >= 4 is 21.4 Å². The Bertz CT molecular complexity index is 553. The molecule has 0 bridgehead atoms. The van der Waals surface area contributed by atoms with E-state index in [1.165, 1.54) is 10.9 Å². The fraction of sp³-hybridized carbons (Fsp3) is 0.500. The van der Waals surface area contributed by atoms with E-state index in [1.54, 1.807) is 17.4 Å². The topological polar surface area (TPSA) is 21.3 Å². The Morgan fingerprint density at radius 2 is 2.15 bits per heavy atom. The molecule has 0 spiro atoms. The Morgan fingerprint density at radius 3 is 2.90 bits per heavy atom. The summed E-state index contributed by atoms with van der Waals surface area (Å²) in [6, 6.07) is 5.28. The fourth-order valence-electron chi connectivity index (χ4n) is 2.17. The lowest BCUT2D eigenvalue weighted by Gasteiger charge is -2.07. The molecule has 2 nitrogen and oxygen atoms in total. The molecule has 20 heavy (non-hydrogen) atoms. The van der Waals surface area contributed by atoms with Crippen molar-refractivity contribution in [3.63, 3.8) is 0 Å². The molecule has 0 amide bonds. The van der Waals surface area contributed by atoms with Crippen molar-refractivity contribution in [1.82, 2.24) is 5.32 Å². The minimum atomic E-state index is -0.143. The molecule has 0 atom stereocenters. The Hall–Kier alpha value is -0.970. The van der Waals surface area contributed by atoms with Gasteiger partial charge in [0.25, 0.3) is 0 Å². The number of benzene rings is 1. The van der Waals surface area contributed by atoms with E-state index in [-0.39, 0.29) is 5.82 Å². The molecule has 0 radical (unpaired) electrons. The zero-order valence-electron chi connectivity index (χ0n) is 12.2. The van der Waals surface area contributed by atoms with E-state index in [0.29, 0.717) is 6.61 Å². The third-order valence-electron chi connectivity index (χ3n) is 3.27. The van der Waals surface area contributed by atoms with Crippen molar-refractivity contribution in [2.75, 3.05) is 13.2 Å². The van der Waals surface area contributed by atoms with Gasteiger partial charge in [0.15, 0.2) is 0 Å². The predicted octanol–water partition coefficient (Wildman–Crippen LogP) is 4.47. The van der Waals surface area contributed by atoms with Gasteiger partial charge in [-0.15, -0.1) is 11.3 Å². The molecular formula is C16H22FNOS. The first-order valence-corrected chi connectivity index (χ1v) is 8.06. The van der Waals surface area contributed by atoms with E-state index in [9.17, 15) is 4.39 Å². The van der Waals surface area contributed by atoms with Gasteiger partial charge in [0.1, 0.15) is 5.82 Å². The largest absolute Gasteiger partial charge is 0.377 e. The minimum Gasteiger partial charge on any atom is -0.377 e. The maximum absolute atomic E-state index is 14.1. The monoisotopic (exact) mass is 295 g/mol. The zero-order valence-corrected chi connectivity index (χ0v) is 13.0. The summed E-state index contributed by atoms with van der Waals surface area (Å²) in [6.07, 6.45) is 2.16. The van der Waals surface area contributed by atoms with Crippen LogP contribution in [0, 0.1) is 5.82 Å². The molecule has 0 fully saturated rings. The highest BCUT2D eigenvalue weighted by molar-refractivity contribution is 7.19. The van der Waals surface area contributed by atoms with Gasteiger partial charge < -0.3 is 10.1 Å². The lowest BCUT2D eigenvalue weighted by atomic mass is 10.1. The Balaban J connectivity index is 2.26. The van der Waals surface area contributed by atoms with Crippen LogP contribution in [-0.4, -0.2) is 13.2 Å². The molecule has 1 heterocycles. The van der Waals surface area contributed by atoms with Crippen LogP contribution in [0.1, 0.15) is 37.1 Å². The minimum absolute atomic E-state index is 0.143. The number of hydrogen-bond donors (Lipinski definition) is 1.